The Balaban J connectivity index is 0.924. The number of hydrogen-bond donors (Lipinski definition) is 0. The molecule has 0 bridgehead atoms. The second-order valence-corrected chi connectivity index (χ2v) is 13.6. The number of aryl methyl sites for hydroxylation is 1. The number of nitrogens with zero attached hydrogens (tertiary/aromatic N) is 3. The third kappa shape index (κ3) is 7.05. The van der Waals surface area contributed by atoms with Crippen LogP contribution in [0.2, 0.25) is 0 Å². The summed E-state index contributed by atoms with van der Waals surface area (Å²) in [5.74, 6) is 0.458. The highest BCUT2D eigenvalue weighted by molar-refractivity contribution is 5.79. The van der Waals surface area contributed by atoms with E-state index >= 15 is 0 Å². The predicted octanol–water partition coefficient (Wildman–Crippen LogP) is 6.35. The van der Waals surface area contributed by atoms with Crippen molar-refractivity contribution in [2.75, 3.05) is 39.3 Å². The number of hydrogen-bond acceptors (Lipinski definition) is 4. The highest BCUT2D eigenvalue weighted by Gasteiger charge is 2.47. The first-order chi connectivity index (χ1) is 20.8. The van der Waals surface area contributed by atoms with Crippen LogP contribution in [0, 0.1) is 36.3 Å². The van der Waals surface area contributed by atoms with E-state index < -0.39 is 17.2 Å². The summed E-state index contributed by atoms with van der Waals surface area (Å²) in [6.45, 7) is 6.15. The van der Waals surface area contributed by atoms with Crippen LogP contribution in [-0.4, -0.2) is 71.6 Å². The van der Waals surface area contributed by atoms with Gasteiger partial charge in [0.15, 0.2) is 0 Å². The Labute approximate surface area is 254 Å². The zero-order chi connectivity index (χ0) is 30.0. The zero-order valence-electron chi connectivity index (χ0n) is 25.4. The van der Waals surface area contributed by atoms with Gasteiger partial charge in [0.05, 0.1) is 6.54 Å². The first-order valence-electron chi connectivity index (χ1n) is 16.2. The number of carbonyl (C=O) groups excluding carboxylic acids is 2. The van der Waals surface area contributed by atoms with Crippen molar-refractivity contribution in [3.05, 3.63) is 70.8 Å². The summed E-state index contributed by atoms with van der Waals surface area (Å²) >= 11 is 0. The van der Waals surface area contributed by atoms with E-state index in [9.17, 15) is 18.4 Å². The highest BCUT2D eigenvalue weighted by Crippen LogP contribution is 2.37. The molecule has 3 aliphatic heterocycles. The van der Waals surface area contributed by atoms with Gasteiger partial charge in [-0.05, 0) is 87.0 Å². The van der Waals surface area contributed by atoms with E-state index in [1.54, 1.807) is 6.92 Å². The fourth-order valence-electron chi connectivity index (χ4n) is 7.78. The third-order valence-corrected chi connectivity index (χ3v) is 10.4. The lowest BCUT2D eigenvalue weighted by atomic mass is 9.80. The summed E-state index contributed by atoms with van der Waals surface area (Å²) in [7, 11) is 0. The molecule has 2 amide bonds. The number of likely N-dealkylation sites (tertiary alicyclic amines) is 2. The Hall–Kier alpha value is -3.00. The number of rotatable bonds is 7. The zero-order valence-corrected chi connectivity index (χ0v) is 25.4. The van der Waals surface area contributed by atoms with Gasteiger partial charge in [0.1, 0.15) is 17.2 Å². The van der Waals surface area contributed by atoms with Crippen LogP contribution in [0.1, 0.15) is 68.1 Å². The van der Waals surface area contributed by atoms with Crippen molar-refractivity contribution in [2.45, 2.75) is 76.9 Å². The fourth-order valence-corrected chi connectivity index (χ4v) is 7.78. The van der Waals surface area contributed by atoms with E-state index in [2.05, 4.69) is 35.2 Å². The fraction of sp³-hybridized carbons (Fsp3) is 0.600. The van der Waals surface area contributed by atoms with Gasteiger partial charge in [-0.25, -0.2) is 13.6 Å². The van der Waals surface area contributed by atoms with Crippen molar-refractivity contribution < 1.29 is 23.1 Å². The van der Waals surface area contributed by atoms with Crippen LogP contribution in [0.25, 0.3) is 0 Å². The van der Waals surface area contributed by atoms with Crippen molar-refractivity contribution in [1.82, 2.24) is 14.7 Å². The van der Waals surface area contributed by atoms with Crippen LogP contribution < -0.4 is 0 Å². The average Bonchev–Trinajstić information content (AvgIpc) is 3.30. The van der Waals surface area contributed by atoms with Crippen LogP contribution in [0.15, 0.2) is 42.5 Å². The molecule has 4 aliphatic rings. The van der Waals surface area contributed by atoms with Gasteiger partial charge in [-0.1, -0.05) is 30.3 Å². The number of carbonyl (C=O) groups is 2. The predicted molar refractivity (Wildman–Crippen MR) is 161 cm³/mol. The van der Waals surface area contributed by atoms with Crippen molar-refractivity contribution in [3.8, 4) is 0 Å². The summed E-state index contributed by atoms with van der Waals surface area (Å²) in [4.78, 5) is 32.2. The van der Waals surface area contributed by atoms with Crippen LogP contribution >= 0.6 is 0 Å². The smallest absolute Gasteiger partial charge is 0.410 e. The average molecular weight is 594 g/mol. The molecule has 43 heavy (non-hydrogen) atoms. The van der Waals surface area contributed by atoms with Gasteiger partial charge in [-0.3, -0.25) is 9.69 Å². The second-order valence-electron chi connectivity index (χ2n) is 13.6. The van der Waals surface area contributed by atoms with E-state index in [0.29, 0.717) is 62.3 Å². The SMILES string of the molecule is Cc1cc(F)c(CN2CCC3(CC2)CN(CC2CCC(C(=O)N4CCC(Cc5ccccc5)CC4)CC2)C(=O)O3)c(F)c1. The molecule has 0 N–H and O–H groups in total. The molecule has 0 aromatic heterocycles. The summed E-state index contributed by atoms with van der Waals surface area (Å²) in [5, 5.41) is 0. The Morgan fingerprint density at radius 1 is 0.907 bits per heavy atom. The maximum atomic E-state index is 14.4. The first kappa shape index (κ1) is 30.0. The van der Waals surface area contributed by atoms with Crippen molar-refractivity contribution in [3.63, 3.8) is 0 Å². The van der Waals surface area contributed by atoms with Crippen LogP contribution in [0.4, 0.5) is 13.6 Å². The molecule has 2 aromatic rings. The van der Waals surface area contributed by atoms with E-state index in [4.69, 9.17) is 4.74 Å². The Morgan fingerprint density at radius 3 is 2.21 bits per heavy atom. The molecule has 1 aliphatic carbocycles. The topological polar surface area (TPSA) is 53.1 Å². The van der Waals surface area contributed by atoms with Gasteiger partial charge >= 0.3 is 6.09 Å². The maximum Gasteiger partial charge on any atom is 0.410 e. The van der Waals surface area contributed by atoms with Crippen LogP contribution in [-0.2, 0) is 22.5 Å². The molecule has 4 fully saturated rings. The lowest BCUT2D eigenvalue weighted by Gasteiger charge is -2.38. The van der Waals surface area contributed by atoms with Gasteiger partial charge < -0.3 is 14.5 Å². The minimum atomic E-state index is -0.516. The minimum Gasteiger partial charge on any atom is -0.441 e. The second kappa shape index (κ2) is 12.9. The molecule has 8 heteroatoms. The highest BCUT2D eigenvalue weighted by atomic mass is 19.1. The van der Waals surface area contributed by atoms with E-state index in [-0.39, 0.29) is 24.1 Å². The molecule has 0 unspecified atom stereocenters. The van der Waals surface area contributed by atoms with Gasteiger partial charge in [0.25, 0.3) is 0 Å². The monoisotopic (exact) mass is 593 g/mol. The summed E-state index contributed by atoms with van der Waals surface area (Å²) < 4.78 is 34.7. The van der Waals surface area contributed by atoms with Gasteiger partial charge in [0.2, 0.25) is 5.91 Å². The molecule has 0 radical (unpaired) electrons. The molecule has 232 valence electrons. The molecule has 1 saturated carbocycles. The Bertz CT molecular complexity index is 1260. The van der Waals surface area contributed by atoms with Gasteiger partial charge in [0, 0.05) is 63.6 Å². The number of benzene rings is 2. The van der Waals surface area contributed by atoms with Gasteiger partial charge in [-0.15, -0.1) is 0 Å². The Kier molecular flexibility index (Phi) is 9.03. The van der Waals surface area contributed by atoms with E-state index in [0.717, 1.165) is 58.0 Å². The lowest BCUT2D eigenvalue weighted by molar-refractivity contribution is -0.138. The molecule has 6 nitrogen and oxygen atoms in total. The summed E-state index contributed by atoms with van der Waals surface area (Å²) in [6, 6.07) is 13.4. The van der Waals surface area contributed by atoms with E-state index in [1.165, 1.54) is 17.7 Å². The molecule has 2 aromatic carbocycles. The van der Waals surface area contributed by atoms with Crippen molar-refractivity contribution in [1.29, 1.82) is 0 Å². The first-order valence-corrected chi connectivity index (χ1v) is 16.2. The lowest BCUT2D eigenvalue weighted by Crippen LogP contribution is -2.47. The van der Waals surface area contributed by atoms with Crippen molar-refractivity contribution >= 4 is 12.0 Å². The van der Waals surface area contributed by atoms with E-state index in [1.807, 2.05) is 9.80 Å². The largest absolute Gasteiger partial charge is 0.441 e. The molecule has 0 atom stereocenters. The Morgan fingerprint density at radius 2 is 1.56 bits per heavy atom. The number of ether oxygens (including phenoxy) is 1. The van der Waals surface area contributed by atoms with Gasteiger partial charge in [-0.2, -0.15) is 0 Å². The molecule has 3 heterocycles. The quantitative estimate of drug-likeness (QED) is 0.376. The van der Waals surface area contributed by atoms with Crippen LogP contribution in [0.3, 0.4) is 0 Å². The molecule has 6 rings (SSSR count). The summed E-state index contributed by atoms with van der Waals surface area (Å²) in [6.07, 6.45) is 8.02. The normalized spacial score (nSPS) is 24.9. The number of amides is 2. The number of halogens is 2. The number of piperidine rings is 2. The maximum absolute atomic E-state index is 14.4. The summed E-state index contributed by atoms with van der Waals surface area (Å²) in [5.41, 5.74) is 1.55. The van der Waals surface area contributed by atoms with Crippen molar-refractivity contribution in [2.24, 2.45) is 17.8 Å². The standard InChI is InChI=1S/C35H45F2N3O3/c1-25-19-31(36)30(32(37)20-25)23-38-17-13-35(14-18-38)24-40(34(42)43-35)22-28-7-9-29(10-8-28)33(41)39-15-11-27(12-16-39)21-26-5-3-2-4-6-26/h2-6,19-20,27-29H,7-18,21-24H2,1H3. The molecular weight excluding hydrogens is 548 g/mol. The molecule has 1 spiro atoms. The molecular formula is C35H45F2N3O3. The minimum absolute atomic E-state index is 0.103. The third-order valence-electron chi connectivity index (χ3n) is 10.4. The molecule has 3 saturated heterocycles. The van der Waals surface area contributed by atoms with Crippen LogP contribution in [0.5, 0.6) is 0 Å².